The third-order valence-electron chi connectivity index (χ3n) is 3.59. The Labute approximate surface area is 97.0 Å². The molecular weight excluding hydrogens is 204 g/mol. The summed E-state index contributed by atoms with van der Waals surface area (Å²) in [6.45, 7) is 4.86. The van der Waals surface area contributed by atoms with Crippen LogP contribution in [-0.2, 0) is 4.79 Å². The van der Waals surface area contributed by atoms with Crippen molar-refractivity contribution >= 4 is 5.91 Å². The highest BCUT2D eigenvalue weighted by Crippen LogP contribution is 2.27. The Morgan fingerprint density at radius 2 is 2.06 bits per heavy atom. The van der Waals surface area contributed by atoms with Crippen LogP contribution in [0.5, 0.6) is 0 Å². The average molecular weight is 226 g/mol. The number of carbonyl (C=O) groups excluding carboxylic acids is 1. The Kier molecular flexibility index (Phi) is 3.50. The number of aliphatic hydroxyl groups is 1. The lowest BCUT2D eigenvalue weighted by atomic mass is 9.94. The molecule has 0 spiro atoms. The molecule has 16 heavy (non-hydrogen) atoms. The Bertz CT molecular complexity index is 252. The van der Waals surface area contributed by atoms with Crippen LogP contribution in [0.1, 0.15) is 32.6 Å². The van der Waals surface area contributed by atoms with Gasteiger partial charge in [-0.15, -0.1) is 0 Å². The summed E-state index contributed by atoms with van der Waals surface area (Å²) < 4.78 is 0. The minimum Gasteiger partial charge on any atom is -0.390 e. The Balaban J connectivity index is 1.63. The van der Waals surface area contributed by atoms with E-state index in [4.69, 9.17) is 0 Å². The number of carbonyl (C=O) groups is 1. The highest BCUT2D eigenvalue weighted by Gasteiger charge is 2.28. The van der Waals surface area contributed by atoms with Gasteiger partial charge in [0.1, 0.15) is 0 Å². The SMILES string of the molecule is CC1(O)CCN(CC(=O)NCC2CC2)CC1. The zero-order valence-electron chi connectivity index (χ0n) is 10.0. The van der Waals surface area contributed by atoms with E-state index < -0.39 is 5.60 Å². The predicted molar refractivity (Wildman–Crippen MR) is 62.0 cm³/mol. The van der Waals surface area contributed by atoms with E-state index in [9.17, 15) is 9.90 Å². The molecule has 4 nitrogen and oxygen atoms in total. The van der Waals surface area contributed by atoms with Gasteiger partial charge in [0.2, 0.25) is 5.91 Å². The maximum absolute atomic E-state index is 11.6. The van der Waals surface area contributed by atoms with E-state index in [2.05, 4.69) is 10.2 Å². The van der Waals surface area contributed by atoms with E-state index in [-0.39, 0.29) is 5.91 Å². The topological polar surface area (TPSA) is 52.6 Å². The second kappa shape index (κ2) is 4.72. The number of likely N-dealkylation sites (tertiary alicyclic amines) is 1. The second-order valence-corrected chi connectivity index (χ2v) is 5.52. The molecule has 0 aromatic rings. The predicted octanol–water partition coefficient (Wildman–Crippen LogP) is 0.359. The largest absolute Gasteiger partial charge is 0.390 e. The van der Waals surface area contributed by atoms with Gasteiger partial charge in [-0.2, -0.15) is 0 Å². The summed E-state index contributed by atoms with van der Waals surface area (Å²) in [5, 5.41) is 12.8. The van der Waals surface area contributed by atoms with Crippen molar-refractivity contribution in [2.75, 3.05) is 26.2 Å². The van der Waals surface area contributed by atoms with Crippen molar-refractivity contribution < 1.29 is 9.90 Å². The van der Waals surface area contributed by atoms with E-state index >= 15 is 0 Å². The van der Waals surface area contributed by atoms with Crippen LogP contribution in [-0.4, -0.2) is 47.7 Å². The molecule has 1 saturated heterocycles. The van der Waals surface area contributed by atoms with Crippen LogP contribution in [0.3, 0.4) is 0 Å². The van der Waals surface area contributed by atoms with E-state index in [0.717, 1.165) is 38.4 Å². The van der Waals surface area contributed by atoms with Gasteiger partial charge in [0.15, 0.2) is 0 Å². The fourth-order valence-electron chi connectivity index (χ4n) is 2.03. The fourth-order valence-corrected chi connectivity index (χ4v) is 2.03. The van der Waals surface area contributed by atoms with Gasteiger partial charge in [-0.05, 0) is 38.5 Å². The van der Waals surface area contributed by atoms with Crippen LogP contribution in [0, 0.1) is 5.92 Å². The molecule has 0 unspecified atom stereocenters. The summed E-state index contributed by atoms with van der Waals surface area (Å²) in [4.78, 5) is 13.7. The third-order valence-corrected chi connectivity index (χ3v) is 3.59. The standard InChI is InChI=1S/C12H22N2O2/c1-12(16)4-6-14(7-5-12)9-11(15)13-8-10-2-3-10/h10,16H,2-9H2,1H3,(H,13,15). The molecule has 4 heteroatoms. The van der Waals surface area contributed by atoms with Crippen molar-refractivity contribution in [3.63, 3.8) is 0 Å². The van der Waals surface area contributed by atoms with Gasteiger partial charge in [0, 0.05) is 19.6 Å². The maximum Gasteiger partial charge on any atom is 0.234 e. The van der Waals surface area contributed by atoms with Gasteiger partial charge in [-0.1, -0.05) is 0 Å². The molecule has 0 atom stereocenters. The number of nitrogens with one attached hydrogen (secondary N) is 1. The molecule has 0 bridgehead atoms. The summed E-state index contributed by atoms with van der Waals surface area (Å²) in [5.74, 6) is 0.875. The first-order valence-electron chi connectivity index (χ1n) is 6.27. The molecule has 1 amide bonds. The number of hydrogen-bond acceptors (Lipinski definition) is 3. The summed E-state index contributed by atoms with van der Waals surface area (Å²) in [7, 11) is 0. The van der Waals surface area contributed by atoms with Crippen LogP contribution in [0.2, 0.25) is 0 Å². The Hall–Kier alpha value is -0.610. The summed E-state index contributed by atoms with van der Waals surface area (Å²) >= 11 is 0. The smallest absolute Gasteiger partial charge is 0.234 e. The van der Waals surface area contributed by atoms with Crippen molar-refractivity contribution in [1.29, 1.82) is 0 Å². The van der Waals surface area contributed by atoms with Crippen LogP contribution < -0.4 is 5.32 Å². The quantitative estimate of drug-likeness (QED) is 0.728. The summed E-state index contributed by atoms with van der Waals surface area (Å²) in [6.07, 6.45) is 4.07. The number of piperidine rings is 1. The first-order chi connectivity index (χ1) is 7.55. The van der Waals surface area contributed by atoms with Crippen LogP contribution in [0.15, 0.2) is 0 Å². The second-order valence-electron chi connectivity index (χ2n) is 5.52. The first kappa shape index (κ1) is 11.9. The van der Waals surface area contributed by atoms with E-state index in [1.807, 2.05) is 6.92 Å². The number of nitrogens with zero attached hydrogens (tertiary/aromatic N) is 1. The molecule has 2 rings (SSSR count). The lowest BCUT2D eigenvalue weighted by molar-refractivity contribution is -0.123. The molecule has 2 aliphatic rings. The van der Waals surface area contributed by atoms with Crippen molar-refractivity contribution in [2.45, 2.75) is 38.2 Å². The van der Waals surface area contributed by atoms with Crippen molar-refractivity contribution in [1.82, 2.24) is 10.2 Å². The first-order valence-corrected chi connectivity index (χ1v) is 6.27. The van der Waals surface area contributed by atoms with Crippen LogP contribution >= 0.6 is 0 Å². The molecule has 1 aliphatic heterocycles. The summed E-state index contributed by atoms with van der Waals surface area (Å²) in [6, 6.07) is 0. The molecule has 0 radical (unpaired) electrons. The van der Waals surface area contributed by atoms with Gasteiger partial charge in [0.05, 0.1) is 12.1 Å². The van der Waals surface area contributed by atoms with E-state index in [0.29, 0.717) is 6.54 Å². The molecule has 92 valence electrons. The molecule has 2 N–H and O–H groups in total. The zero-order chi connectivity index (χ0) is 11.6. The zero-order valence-corrected chi connectivity index (χ0v) is 10.0. The van der Waals surface area contributed by atoms with Crippen molar-refractivity contribution in [3.05, 3.63) is 0 Å². The van der Waals surface area contributed by atoms with Gasteiger partial charge < -0.3 is 10.4 Å². The molecule has 2 fully saturated rings. The van der Waals surface area contributed by atoms with Crippen molar-refractivity contribution in [2.24, 2.45) is 5.92 Å². The normalized spacial score (nSPS) is 25.4. The third kappa shape index (κ3) is 3.76. The number of amides is 1. The molecule has 1 heterocycles. The van der Waals surface area contributed by atoms with Crippen LogP contribution in [0.25, 0.3) is 0 Å². The minimum absolute atomic E-state index is 0.133. The monoisotopic (exact) mass is 226 g/mol. The molecule has 0 aromatic heterocycles. The molecule has 0 aromatic carbocycles. The Morgan fingerprint density at radius 3 is 2.62 bits per heavy atom. The van der Waals surface area contributed by atoms with Gasteiger partial charge >= 0.3 is 0 Å². The average Bonchev–Trinajstić information content (AvgIpc) is 3.02. The fraction of sp³-hybridized carbons (Fsp3) is 0.917. The molecule has 1 aliphatic carbocycles. The highest BCUT2D eigenvalue weighted by molar-refractivity contribution is 5.78. The van der Waals surface area contributed by atoms with Gasteiger partial charge in [0.25, 0.3) is 0 Å². The lowest BCUT2D eigenvalue weighted by Crippen LogP contribution is -2.46. The summed E-state index contributed by atoms with van der Waals surface area (Å²) in [5.41, 5.74) is -0.527. The maximum atomic E-state index is 11.6. The number of hydrogen-bond donors (Lipinski definition) is 2. The van der Waals surface area contributed by atoms with Gasteiger partial charge in [-0.25, -0.2) is 0 Å². The minimum atomic E-state index is -0.527. The van der Waals surface area contributed by atoms with E-state index in [1.165, 1.54) is 12.8 Å². The Morgan fingerprint density at radius 1 is 1.44 bits per heavy atom. The highest BCUT2D eigenvalue weighted by atomic mass is 16.3. The van der Waals surface area contributed by atoms with Crippen molar-refractivity contribution in [3.8, 4) is 0 Å². The molecular formula is C12H22N2O2. The molecule has 1 saturated carbocycles. The van der Waals surface area contributed by atoms with Crippen LogP contribution in [0.4, 0.5) is 0 Å². The number of rotatable bonds is 4. The van der Waals surface area contributed by atoms with E-state index in [1.54, 1.807) is 0 Å². The lowest BCUT2D eigenvalue weighted by Gasteiger charge is -2.35. The van der Waals surface area contributed by atoms with Gasteiger partial charge in [-0.3, -0.25) is 9.69 Å².